The number of hydrogen-bond acceptors (Lipinski definition) is 7. The van der Waals surface area contributed by atoms with Crippen molar-refractivity contribution in [1.29, 1.82) is 0 Å². The van der Waals surface area contributed by atoms with Gasteiger partial charge in [0.15, 0.2) is 5.69 Å². The molecular formula is C11H11N3O3S. The van der Waals surface area contributed by atoms with Gasteiger partial charge in [-0.25, -0.2) is 9.78 Å². The van der Waals surface area contributed by atoms with Crippen LogP contribution in [0.3, 0.4) is 0 Å². The summed E-state index contributed by atoms with van der Waals surface area (Å²) in [5.74, 6) is -0.512. The number of anilines is 1. The van der Waals surface area contributed by atoms with Crippen molar-refractivity contribution < 1.29 is 13.9 Å². The lowest BCUT2D eigenvalue weighted by atomic mass is 10.4. The molecule has 0 fully saturated rings. The first-order chi connectivity index (χ1) is 8.70. The van der Waals surface area contributed by atoms with Gasteiger partial charge in [0, 0.05) is 6.20 Å². The molecule has 0 radical (unpaired) electrons. The lowest BCUT2D eigenvalue weighted by Gasteiger charge is -1.99. The minimum atomic E-state index is -0.512. The fourth-order valence-electron chi connectivity index (χ4n) is 1.17. The number of pyridine rings is 1. The standard InChI is InChI=1S/C11H11N3O3S/c1-2-16-10(15)8-6-17-11(14-8)18-9-7(12)4-3-5-13-9/h3-6H,2,12H2,1H3. The number of nitrogens with zero attached hydrogens (tertiary/aromatic N) is 2. The zero-order valence-corrected chi connectivity index (χ0v) is 10.4. The summed E-state index contributed by atoms with van der Waals surface area (Å²) in [7, 11) is 0. The first-order valence-electron chi connectivity index (χ1n) is 5.21. The highest BCUT2D eigenvalue weighted by Gasteiger charge is 2.15. The van der Waals surface area contributed by atoms with Crippen LogP contribution >= 0.6 is 11.8 Å². The molecule has 0 unspecified atom stereocenters. The molecule has 94 valence electrons. The third-order valence-electron chi connectivity index (χ3n) is 1.95. The van der Waals surface area contributed by atoms with Gasteiger partial charge in [-0.2, -0.15) is 4.98 Å². The molecule has 7 heteroatoms. The number of ether oxygens (including phenoxy) is 1. The Morgan fingerprint density at radius 3 is 3.17 bits per heavy atom. The Bertz CT molecular complexity index is 556. The monoisotopic (exact) mass is 265 g/mol. The fraction of sp³-hybridized carbons (Fsp3) is 0.182. The summed E-state index contributed by atoms with van der Waals surface area (Å²) < 4.78 is 9.95. The van der Waals surface area contributed by atoms with Crippen molar-refractivity contribution >= 4 is 23.4 Å². The highest BCUT2D eigenvalue weighted by Crippen LogP contribution is 2.29. The first-order valence-corrected chi connectivity index (χ1v) is 6.03. The van der Waals surface area contributed by atoms with Crippen LogP contribution in [0.2, 0.25) is 0 Å². The molecular weight excluding hydrogens is 254 g/mol. The lowest BCUT2D eigenvalue weighted by molar-refractivity contribution is 0.0519. The molecule has 2 N–H and O–H groups in total. The molecule has 0 aromatic carbocycles. The van der Waals surface area contributed by atoms with Gasteiger partial charge in [0.1, 0.15) is 11.3 Å². The Hall–Kier alpha value is -2.02. The van der Waals surface area contributed by atoms with Crippen molar-refractivity contribution in [3.8, 4) is 0 Å². The van der Waals surface area contributed by atoms with E-state index in [1.54, 1.807) is 25.3 Å². The SMILES string of the molecule is CCOC(=O)c1coc(Sc2ncccc2N)n1. The van der Waals surface area contributed by atoms with Gasteiger partial charge < -0.3 is 14.9 Å². The fourth-order valence-corrected chi connectivity index (χ4v) is 1.88. The summed E-state index contributed by atoms with van der Waals surface area (Å²) >= 11 is 1.15. The van der Waals surface area contributed by atoms with Crippen LogP contribution in [0.25, 0.3) is 0 Å². The number of esters is 1. The van der Waals surface area contributed by atoms with Crippen molar-refractivity contribution in [1.82, 2.24) is 9.97 Å². The molecule has 0 bridgehead atoms. The highest BCUT2D eigenvalue weighted by atomic mass is 32.2. The predicted octanol–water partition coefficient (Wildman–Crippen LogP) is 1.98. The molecule has 18 heavy (non-hydrogen) atoms. The van der Waals surface area contributed by atoms with Crippen molar-refractivity contribution in [3.05, 3.63) is 30.3 Å². The Kier molecular flexibility index (Phi) is 3.83. The quantitative estimate of drug-likeness (QED) is 0.845. The molecule has 2 heterocycles. The molecule has 2 aromatic rings. The van der Waals surface area contributed by atoms with Crippen LogP contribution in [0.5, 0.6) is 0 Å². The van der Waals surface area contributed by atoms with Gasteiger partial charge in [0.05, 0.1) is 12.3 Å². The van der Waals surface area contributed by atoms with Crippen LogP contribution in [0.4, 0.5) is 5.69 Å². The summed E-state index contributed by atoms with van der Waals surface area (Å²) in [5, 5.41) is 0.873. The third kappa shape index (κ3) is 2.80. The van der Waals surface area contributed by atoms with Gasteiger partial charge in [-0.1, -0.05) is 0 Å². The smallest absolute Gasteiger partial charge is 0.360 e. The minimum Gasteiger partial charge on any atom is -0.461 e. The van der Waals surface area contributed by atoms with E-state index in [9.17, 15) is 4.79 Å². The summed E-state index contributed by atoms with van der Waals surface area (Å²) in [4.78, 5) is 19.5. The van der Waals surface area contributed by atoms with Crippen LogP contribution in [0, 0.1) is 0 Å². The molecule has 0 spiro atoms. The number of carbonyl (C=O) groups is 1. The number of hydrogen-bond donors (Lipinski definition) is 1. The number of oxazole rings is 1. The number of rotatable bonds is 4. The Balaban J connectivity index is 2.12. The first kappa shape index (κ1) is 12.4. The molecule has 0 saturated carbocycles. The van der Waals surface area contributed by atoms with Crippen LogP contribution in [-0.2, 0) is 4.74 Å². The summed E-state index contributed by atoms with van der Waals surface area (Å²) in [5.41, 5.74) is 6.40. The molecule has 0 aliphatic rings. The second kappa shape index (κ2) is 5.54. The van der Waals surface area contributed by atoms with Crippen LogP contribution in [0.1, 0.15) is 17.4 Å². The molecule has 0 atom stereocenters. The number of aromatic nitrogens is 2. The van der Waals surface area contributed by atoms with E-state index >= 15 is 0 Å². The van der Waals surface area contributed by atoms with Gasteiger partial charge >= 0.3 is 5.97 Å². The average molecular weight is 265 g/mol. The largest absolute Gasteiger partial charge is 0.461 e. The topological polar surface area (TPSA) is 91.2 Å². The maximum Gasteiger partial charge on any atom is 0.360 e. The number of carbonyl (C=O) groups excluding carboxylic acids is 1. The van der Waals surface area contributed by atoms with E-state index in [2.05, 4.69) is 9.97 Å². The van der Waals surface area contributed by atoms with Gasteiger partial charge in [-0.3, -0.25) is 0 Å². The van der Waals surface area contributed by atoms with E-state index in [0.717, 1.165) is 11.8 Å². The van der Waals surface area contributed by atoms with Crippen molar-refractivity contribution in [2.24, 2.45) is 0 Å². The van der Waals surface area contributed by atoms with Crippen LogP contribution in [0.15, 0.2) is 39.3 Å². The average Bonchev–Trinajstić information content (AvgIpc) is 2.81. The Labute approximate surface area is 108 Å². The molecule has 0 saturated heterocycles. The minimum absolute atomic E-state index is 0.133. The summed E-state index contributed by atoms with van der Waals surface area (Å²) in [6, 6.07) is 3.46. The van der Waals surface area contributed by atoms with E-state index in [-0.39, 0.29) is 5.69 Å². The van der Waals surface area contributed by atoms with Gasteiger partial charge in [0.2, 0.25) is 0 Å². The summed E-state index contributed by atoms with van der Waals surface area (Å²) in [6.07, 6.45) is 2.87. The van der Waals surface area contributed by atoms with Gasteiger partial charge in [-0.05, 0) is 30.8 Å². The van der Waals surface area contributed by atoms with Crippen molar-refractivity contribution in [2.45, 2.75) is 17.2 Å². The zero-order chi connectivity index (χ0) is 13.0. The predicted molar refractivity (Wildman–Crippen MR) is 65.2 cm³/mol. The Morgan fingerprint density at radius 2 is 2.44 bits per heavy atom. The van der Waals surface area contributed by atoms with E-state index in [4.69, 9.17) is 14.9 Å². The Morgan fingerprint density at radius 1 is 1.61 bits per heavy atom. The lowest BCUT2D eigenvalue weighted by Crippen LogP contribution is -2.04. The normalized spacial score (nSPS) is 10.3. The molecule has 0 amide bonds. The van der Waals surface area contributed by atoms with E-state index in [0.29, 0.717) is 22.5 Å². The molecule has 2 aromatic heterocycles. The molecule has 2 rings (SSSR count). The van der Waals surface area contributed by atoms with Crippen LogP contribution in [-0.4, -0.2) is 22.5 Å². The van der Waals surface area contributed by atoms with Crippen LogP contribution < -0.4 is 5.73 Å². The molecule has 0 aliphatic heterocycles. The molecule has 6 nitrogen and oxygen atoms in total. The van der Waals surface area contributed by atoms with Crippen molar-refractivity contribution in [3.63, 3.8) is 0 Å². The van der Waals surface area contributed by atoms with Gasteiger partial charge in [-0.15, -0.1) is 0 Å². The number of nitrogens with two attached hydrogens (primary N) is 1. The highest BCUT2D eigenvalue weighted by molar-refractivity contribution is 7.99. The maximum absolute atomic E-state index is 11.4. The summed E-state index contributed by atoms with van der Waals surface area (Å²) in [6.45, 7) is 2.02. The maximum atomic E-state index is 11.4. The van der Waals surface area contributed by atoms with Gasteiger partial charge in [0.25, 0.3) is 5.22 Å². The van der Waals surface area contributed by atoms with Crippen molar-refractivity contribution in [2.75, 3.05) is 12.3 Å². The van der Waals surface area contributed by atoms with E-state index in [1.807, 2.05) is 0 Å². The second-order valence-electron chi connectivity index (χ2n) is 3.22. The molecule has 0 aliphatic carbocycles. The third-order valence-corrected chi connectivity index (χ3v) is 2.85. The second-order valence-corrected chi connectivity index (χ2v) is 4.16. The van der Waals surface area contributed by atoms with E-state index in [1.165, 1.54) is 6.26 Å². The zero-order valence-electron chi connectivity index (χ0n) is 9.62. The number of nitrogen functional groups attached to an aromatic ring is 1. The van der Waals surface area contributed by atoms with E-state index < -0.39 is 5.97 Å².